The van der Waals surface area contributed by atoms with Crippen LogP contribution in [0.4, 0.5) is 13.2 Å². The van der Waals surface area contributed by atoms with Crippen LogP contribution in [0.3, 0.4) is 0 Å². The van der Waals surface area contributed by atoms with Crippen molar-refractivity contribution in [1.29, 1.82) is 0 Å². The highest BCUT2D eigenvalue weighted by molar-refractivity contribution is 5.98. The van der Waals surface area contributed by atoms with Crippen LogP contribution in [0.5, 0.6) is 0 Å². The zero-order chi connectivity index (χ0) is 21.7. The summed E-state index contributed by atoms with van der Waals surface area (Å²) >= 11 is 0. The number of methoxy groups -OCH3 is 1. The number of benzene rings is 2. The van der Waals surface area contributed by atoms with Gasteiger partial charge in [0.2, 0.25) is 0 Å². The summed E-state index contributed by atoms with van der Waals surface area (Å²) in [5.41, 5.74) is -1.05. The number of carbonyl (C=O) groups excluding carboxylic acids is 2. The molecule has 3 rings (SSSR count). The highest BCUT2D eigenvalue weighted by Gasteiger charge is 2.41. The Bertz CT molecular complexity index is 1020. The maximum Gasteiger partial charge on any atom is 0.434 e. The Balaban J connectivity index is 1.93. The molecule has 1 amide bonds. The molecule has 1 atom stereocenters. The van der Waals surface area contributed by atoms with E-state index in [1.54, 1.807) is 48.5 Å². The second kappa shape index (κ2) is 8.81. The van der Waals surface area contributed by atoms with E-state index in [1.165, 1.54) is 12.1 Å². The molecular weight excluding hydrogens is 399 g/mol. The number of halogens is 3. The fraction of sp³-hybridized carbons (Fsp3) is 0.190. The number of rotatable bonds is 6. The summed E-state index contributed by atoms with van der Waals surface area (Å²) in [6.45, 7) is 0. The van der Waals surface area contributed by atoms with Crippen LogP contribution in [-0.2, 0) is 22.1 Å². The number of amides is 1. The molecule has 1 N–H and O–H groups in total. The molecule has 0 saturated heterocycles. The van der Waals surface area contributed by atoms with E-state index < -0.39 is 35.4 Å². The van der Waals surface area contributed by atoms with Gasteiger partial charge in [-0.1, -0.05) is 48.5 Å². The Morgan fingerprint density at radius 3 is 2.23 bits per heavy atom. The Morgan fingerprint density at radius 2 is 1.67 bits per heavy atom. The first-order valence-corrected chi connectivity index (χ1v) is 8.94. The van der Waals surface area contributed by atoms with E-state index in [-0.39, 0.29) is 12.1 Å². The van der Waals surface area contributed by atoms with Gasteiger partial charge in [0.15, 0.2) is 5.69 Å². The predicted molar refractivity (Wildman–Crippen MR) is 102 cm³/mol. The molecule has 0 bridgehead atoms. The molecule has 0 aliphatic carbocycles. The second-order valence-corrected chi connectivity index (χ2v) is 6.39. The first kappa shape index (κ1) is 21.1. The molecule has 156 valence electrons. The minimum atomic E-state index is -4.85. The molecule has 2 aromatic carbocycles. The third kappa shape index (κ3) is 4.68. The molecule has 9 heteroatoms. The molecule has 0 radical (unpaired) electrons. The maximum absolute atomic E-state index is 13.8. The molecule has 1 aromatic heterocycles. The highest BCUT2D eigenvalue weighted by Crippen LogP contribution is 2.33. The number of ether oxygens (including phenoxy) is 1. The largest absolute Gasteiger partial charge is 0.467 e. The molecular formula is C21H18F3N3O3. The van der Waals surface area contributed by atoms with Crippen LogP contribution in [-0.4, -0.2) is 34.8 Å². The second-order valence-electron chi connectivity index (χ2n) is 6.39. The predicted octanol–water partition coefficient (Wildman–Crippen LogP) is 3.41. The Morgan fingerprint density at radius 1 is 1.07 bits per heavy atom. The molecule has 0 saturated carbocycles. The summed E-state index contributed by atoms with van der Waals surface area (Å²) in [4.78, 5) is 24.8. The molecule has 3 aromatic rings. The molecule has 0 spiro atoms. The van der Waals surface area contributed by atoms with Crippen LogP contribution >= 0.6 is 0 Å². The minimum absolute atomic E-state index is 0.0629. The number of para-hydroxylation sites is 1. The molecule has 6 nitrogen and oxygen atoms in total. The molecule has 1 unspecified atom stereocenters. The monoisotopic (exact) mass is 417 g/mol. The Kier molecular flexibility index (Phi) is 6.20. The van der Waals surface area contributed by atoms with Gasteiger partial charge in [0.05, 0.1) is 24.6 Å². The number of nitrogens with one attached hydrogen (secondary N) is 1. The van der Waals surface area contributed by atoms with Crippen molar-refractivity contribution in [2.45, 2.75) is 18.6 Å². The average molecular weight is 417 g/mol. The van der Waals surface area contributed by atoms with Crippen LogP contribution in [0.15, 0.2) is 66.9 Å². The van der Waals surface area contributed by atoms with E-state index in [4.69, 9.17) is 4.74 Å². The summed E-state index contributed by atoms with van der Waals surface area (Å²) in [5, 5.41) is 6.09. The van der Waals surface area contributed by atoms with E-state index >= 15 is 0 Å². The van der Waals surface area contributed by atoms with Gasteiger partial charge in [-0.2, -0.15) is 18.3 Å². The number of aromatic nitrogens is 2. The fourth-order valence-corrected chi connectivity index (χ4v) is 2.97. The number of hydrogen-bond acceptors (Lipinski definition) is 4. The first-order valence-electron chi connectivity index (χ1n) is 8.94. The number of alkyl halides is 3. The average Bonchev–Trinajstić information content (AvgIpc) is 3.20. The van der Waals surface area contributed by atoms with E-state index in [1.807, 2.05) is 0 Å². The summed E-state index contributed by atoms with van der Waals surface area (Å²) < 4.78 is 46.6. The van der Waals surface area contributed by atoms with Crippen molar-refractivity contribution in [3.63, 3.8) is 0 Å². The minimum Gasteiger partial charge on any atom is -0.467 e. The smallest absolute Gasteiger partial charge is 0.434 e. The number of carbonyl (C=O) groups is 2. The van der Waals surface area contributed by atoms with Crippen LogP contribution < -0.4 is 5.32 Å². The summed E-state index contributed by atoms with van der Waals surface area (Å²) in [7, 11) is 1.14. The van der Waals surface area contributed by atoms with Gasteiger partial charge in [0.1, 0.15) is 6.04 Å². The number of esters is 1. The van der Waals surface area contributed by atoms with Crippen molar-refractivity contribution in [2.75, 3.05) is 7.11 Å². The van der Waals surface area contributed by atoms with E-state index in [2.05, 4.69) is 10.4 Å². The molecule has 0 aliphatic heterocycles. The molecule has 0 fully saturated rings. The van der Waals surface area contributed by atoms with Gasteiger partial charge in [-0.25, -0.2) is 9.48 Å². The van der Waals surface area contributed by atoms with Gasteiger partial charge >= 0.3 is 12.1 Å². The van der Waals surface area contributed by atoms with Crippen LogP contribution in [0.2, 0.25) is 0 Å². The van der Waals surface area contributed by atoms with Crippen molar-refractivity contribution in [1.82, 2.24) is 15.1 Å². The molecule has 0 aliphatic rings. The van der Waals surface area contributed by atoms with Crippen LogP contribution in [0, 0.1) is 0 Å². The highest BCUT2D eigenvalue weighted by atomic mass is 19.4. The first-order chi connectivity index (χ1) is 14.3. The van der Waals surface area contributed by atoms with E-state index in [9.17, 15) is 22.8 Å². The van der Waals surface area contributed by atoms with E-state index in [0.29, 0.717) is 10.2 Å². The lowest BCUT2D eigenvalue weighted by atomic mass is 10.1. The lowest BCUT2D eigenvalue weighted by Crippen LogP contribution is -2.43. The fourth-order valence-electron chi connectivity index (χ4n) is 2.97. The quantitative estimate of drug-likeness (QED) is 0.624. The van der Waals surface area contributed by atoms with Crippen molar-refractivity contribution < 1.29 is 27.5 Å². The van der Waals surface area contributed by atoms with Gasteiger partial charge in [-0.15, -0.1) is 0 Å². The van der Waals surface area contributed by atoms with Crippen LogP contribution in [0.25, 0.3) is 5.69 Å². The zero-order valence-corrected chi connectivity index (χ0v) is 15.9. The number of hydrogen-bond donors (Lipinski definition) is 1. The van der Waals surface area contributed by atoms with Gasteiger partial charge < -0.3 is 10.1 Å². The van der Waals surface area contributed by atoms with Gasteiger partial charge in [0, 0.05) is 6.42 Å². The zero-order valence-electron chi connectivity index (χ0n) is 15.9. The summed E-state index contributed by atoms with van der Waals surface area (Å²) in [5.74, 6) is -1.84. The van der Waals surface area contributed by atoms with E-state index in [0.717, 1.165) is 13.3 Å². The van der Waals surface area contributed by atoms with Gasteiger partial charge in [-0.05, 0) is 17.7 Å². The Hall–Kier alpha value is -3.62. The van der Waals surface area contributed by atoms with Crippen LogP contribution in [0.1, 0.15) is 21.6 Å². The lowest BCUT2D eigenvalue weighted by Gasteiger charge is -2.17. The summed E-state index contributed by atoms with van der Waals surface area (Å²) in [6, 6.07) is 15.2. The summed E-state index contributed by atoms with van der Waals surface area (Å²) in [6.07, 6.45) is -3.95. The molecule has 1 heterocycles. The normalized spacial score (nSPS) is 12.3. The standard InChI is InChI=1S/C21H18F3N3O3/c1-30-20(29)17(12-14-8-4-2-5-9-14)26-19(28)16-13-25-27(18(16)21(22,23)24)15-10-6-3-7-11-15/h2-11,13,17H,12H2,1H3,(H,26,28). The van der Waals surface area contributed by atoms with Gasteiger partial charge in [0.25, 0.3) is 5.91 Å². The third-order valence-corrected chi connectivity index (χ3v) is 4.36. The Labute approximate surface area is 170 Å². The lowest BCUT2D eigenvalue weighted by molar-refractivity contribution is -0.143. The van der Waals surface area contributed by atoms with Crippen molar-refractivity contribution >= 4 is 11.9 Å². The number of nitrogens with zero attached hydrogens (tertiary/aromatic N) is 2. The van der Waals surface area contributed by atoms with Gasteiger partial charge in [-0.3, -0.25) is 4.79 Å². The molecule has 30 heavy (non-hydrogen) atoms. The van der Waals surface area contributed by atoms with Crippen molar-refractivity contribution in [3.05, 3.63) is 83.7 Å². The van der Waals surface area contributed by atoms with Crippen molar-refractivity contribution in [3.8, 4) is 5.69 Å². The maximum atomic E-state index is 13.8. The van der Waals surface area contributed by atoms with Crippen molar-refractivity contribution in [2.24, 2.45) is 0 Å². The third-order valence-electron chi connectivity index (χ3n) is 4.36. The topological polar surface area (TPSA) is 73.2 Å². The SMILES string of the molecule is COC(=O)C(Cc1ccccc1)NC(=O)c1cnn(-c2ccccc2)c1C(F)(F)F.